The molecule has 2 aromatic carbocycles. The predicted octanol–water partition coefficient (Wildman–Crippen LogP) is 2.95. The van der Waals surface area contributed by atoms with Gasteiger partial charge in [0, 0.05) is 41.3 Å². The third-order valence-electron chi connectivity index (χ3n) is 4.28. The zero-order chi connectivity index (χ0) is 17.3. The summed E-state index contributed by atoms with van der Waals surface area (Å²) in [5.41, 5.74) is 16.6. The van der Waals surface area contributed by atoms with E-state index in [4.69, 9.17) is 11.5 Å². The number of hydrogen-bond donors (Lipinski definition) is 2. The molecule has 1 amide bonds. The van der Waals surface area contributed by atoms with Crippen LogP contribution in [0, 0.1) is 18.3 Å². The smallest absolute Gasteiger partial charge is 0.219 e. The van der Waals surface area contributed by atoms with Crippen molar-refractivity contribution in [2.45, 2.75) is 19.9 Å². The van der Waals surface area contributed by atoms with Crippen LogP contribution in [0.1, 0.15) is 17.5 Å². The molecule has 0 bridgehead atoms. The second kappa shape index (κ2) is 6.09. The second-order valence-electron chi connectivity index (χ2n) is 5.82. The average molecular weight is 318 g/mol. The Kier molecular flexibility index (Phi) is 3.97. The van der Waals surface area contributed by atoms with Crippen molar-refractivity contribution in [1.82, 2.24) is 4.57 Å². The van der Waals surface area contributed by atoms with Crippen molar-refractivity contribution in [1.29, 1.82) is 5.26 Å². The van der Waals surface area contributed by atoms with Crippen molar-refractivity contribution < 1.29 is 4.79 Å². The van der Waals surface area contributed by atoms with Gasteiger partial charge >= 0.3 is 0 Å². The lowest BCUT2D eigenvalue weighted by Gasteiger charge is -2.07. The quantitative estimate of drug-likeness (QED) is 0.724. The van der Waals surface area contributed by atoms with Crippen LogP contribution in [0.2, 0.25) is 0 Å². The summed E-state index contributed by atoms with van der Waals surface area (Å²) in [6, 6.07) is 13.5. The van der Waals surface area contributed by atoms with Crippen LogP contribution in [-0.2, 0) is 11.3 Å². The predicted molar refractivity (Wildman–Crippen MR) is 95.0 cm³/mol. The van der Waals surface area contributed by atoms with E-state index >= 15 is 0 Å². The Balaban J connectivity index is 2.24. The number of aryl methyl sites for hydroxylation is 1. The van der Waals surface area contributed by atoms with Crippen LogP contribution in [0.3, 0.4) is 0 Å². The molecule has 0 aliphatic rings. The van der Waals surface area contributed by atoms with Crippen molar-refractivity contribution in [2.24, 2.45) is 5.73 Å². The van der Waals surface area contributed by atoms with Gasteiger partial charge in [-0.3, -0.25) is 4.79 Å². The van der Waals surface area contributed by atoms with Gasteiger partial charge in [0.05, 0.1) is 11.6 Å². The first-order valence-electron chi connectivity index (χ1n) is 7.68. The topological polar surface area (TPSA) is 97.8 Å². The van der Waals surface area contributed by atoms with Crippen molar-refractivity contribution in [3.05, 3.63) is 53.7 Å². The van der Waals surface area contributed by atoms with Crippen molar-refractivity contribution in [2.75, 3.05) is 5.73 Å². The zero-order valence-electron chi connectivity index (χ0n) is 13.4. The fourth-order valence-electron chi connectivity index (χ4n) is 2.94. The Morgan fingerprint density at radius 2 is 2.04 bits per heavy atom. The molecule has 0 saturated heterocycles. The van der Waals surface area contributed by atoms with Crippen LogP contribution in [0.4, 0.5) is 5.69 Å². The normalized spacial score (nSPS) is 10.7. The summed E-state index contributed by atoms with van der Waals surface area (Å²) in [7, 11) is 0. The summed E-state index contributed by atoms with van der Waals surface area (Å²) in [5, 5.41) is 10.2. The first kappa shape index (κ1) is 15.6. The summed E-state index contributed by atoms with van der Waals surface area (Å²) >= 11 is 0. The van der Waals surface area contributed by atoms with Gasteiger partial charge in [0.1, 0.15) is 0 Å². The Labute approximate surface area is 140 Å². The average Bonchev–Trinajstić information content (AvgIpc) is 2.93. The molecule has 0 atom stereocenters. The molecule has 120 valence electrons. The zero-order valence-corrected chi connectivity index (χ0v) is 13.4. The number of nitrogens with zero attached hydrogens (tertiary/aromatic N) is 2. The van der Waals surface area contributed by atoms with Crippen molar-refractivity contribution >= 4 is 22.5 Å². The molecule has 5 nitrogen and oxygen atoms in total. The minimum Gasteiger partial charge on any atom is -0.398 e. The number of nitrogens with two attached hydrogens (primary N) is 2. The van der Waals surface area contributed by atoms with E-state index in [0.717, 1.165) is 33.3 Å². The van der Waals surface area contributed by atoms with Gasteiger partial charge in [-0.05, 0) is 42.3 Å². The van der Waals surface area contributed by atoms with Gasteiger partial charge in [-0.25, -0.2) is 0 Å². The van der Waals surface area contributed by atoms with Crippen LogP contribution in [0.5, 0.6) is 0 Å². The Bertz CT molecular complexity index is 979. The van der Waals surface area contributed by atoms with Gasteiger partial charge in [0.15, 0.2) is 0 Å². The Hall–Kier alpha value is -3.26. The third kappa shape index (κ3) is 2.70. The molecule has 24 heavy (non-hydrogen) atoms. The van der Waals surface area contributed by atoms with Crippen LogP contribution in [0.25, 0.3) is 22.0 Å². The van der Waals surface area contributed by atoms with Crippen LogP contribution in [0.15, 0.2) is 42.6 Å². The number of aromatic nitrogens is 1. The Morgan fingerprint density at radius 3 is 2.75 bits per heavy atom. The van der Waals surface area contributed by atoms with E-state index in [2.05, 4.69) is 6.07 Å². The summed E-state index contributed by atoms with van der Waals surface area (Å²) in [6.45, 7) is 2.48. The van der Waals surface area contributed by atoms with Gasteiger partial charge in [-0.15, -0.1) is 0 Å². The van der Waals surface area contributed by atoms with Gasteiger partial charge in [0.25, 0.3) is 0 Å². The van der Waals surface area contributed by atoms with Crippen LogP contribution in [-0.4, -0.2) is 10.5 Å². The minimum absolute atomic E-state index is 0.263. The molecule has 0 spiro atoms. The van der Waals surface area contributed by atoms with Gasteiger partial charge < -0.3 is 16.0 Å². The second-order valence-corrected chi connectivity index (χ2v) is 5.82. The van der Waals surface area contributed by atoms with Gasteiger partial charge in [-0.2, -0.15) is 5.26 Å². The molecule has 0 aliphatic heterocycles. The molecule has 3 rings (SSSR count). The number of benzene rings is 2. The number of amides is 1. The highest BCUT2D eigenvalue weighted by Gasteiger charge is 2.14. The third-order valence-corrected chi connectivity index (χ3v) is 4.28. The van der Waals surface area contributed by atoms with Crippen molar-refractivity contribution in [3.8, 4) is 17.2 Å². The lowest BCUT2D eigenvalue weighted by molar-refractivity contribution is -0.118. The van der Waals surface area contributed by atoms with Crippen LogP contribution < -0.4 is 11.5 Å². The van der Waals surface area contributed by atoms with Gasteiger partial charge in [0.2, 0.25) is 5.91 Å². The molecule has 1 aromatic heterocycles. The van der Waals surface area contributed by atoms with Crippen molar-refractivity contribution in [3.63, 3.8) is 0 Å². The lowest BCUT2D eigenvalue weighted by atomic mass is 9.98. The molecule has 0 fully saturated rings. The number of nitrogen functional groups attached to an aromatic ring is 1. The number of nitriles is 1. The summed E-state index contributed by atoms with van der Waals surface area (Å²) in [6.07, 6.45) is 2.26. The number of carbonyl (C=O) groups is 1. The summed E-state index contributed by atoms with van der Waals surface area (Å²) in [4.78, 5) is 11.1. The monoisotopic (exact) mass is 318 g/mol. The number of anilines is 1. The number of fused-ring (bicyclic) bond motifs is 1. The molecule has 3 aromatic rings. The molecular formula is C19H18N4O. The molecule has 0 saturated carbocycles. The standard InChI is InChI=1S/C19H18N4O/c1-12-14(3-2-4-17(12)21)16-11-23(8-7-19(22)24)18-6-5-13(10-20)9-15(16)18/h2-6,9,11H,7-8,21H2,1H3,(H2,22,24). The molecular weight excluding hydrogens is 300 g/mol. The molecule has 1 heterocycles. The van der Waals surface area contributed by atoms with E-state index in [0.29, 0.717) is 12.1 Å². The molecule has 0 radical (unpaired) electrons. The summed E-state index contributed by atoms with van der Waals surface area (Å²) in [5.74, 6) is -0.341. The van der Waals surface area contributed by atoms with E-state index in [1.165, 1.54) is 0 Å². The van der Waals surface area contributed by atoms with Gasteiger partial charge in [-0.1, -0.05) is 12.1 Å². The molecule has 0 aliphatic carbocycles. The fourth-order valence-corrected chi connectivity index (χ4v) is 2.94. The summed E-state index contributed by atoms with van der Waals surface area (Å²) < 4.78 is 2.00. The van der Waals surface area contributed by atoms with Crippen LogP contribution >= 0.6 is 0 Å². The Morgan fingerprint density at radius 1 is 1.25 bits per heavy atom. The first-order valence-corrected chi connectivity index (χ1v) is 7.68. The number of carbonyl (C=O) groups excluding carboxylic acids is 1. The van der Waals surface area contributed by atoms with E-state index in [1.807, 2.05) is 48.0 Å². The van der Waals surface area contributed by atoms with E-state index < -0.39 is 0 Å². The SMILES string of the molecule is Cc1c(N)cccc1-c1cn(CCC(N)=O)c2ccc(C#N)cc12. The fraction of sp³-hybridized carbons (Fsp3) is 0.158. The number of rotatable bonds is 4. The van der Waals surface area contributed by atoms with E-state index in [9.17, 15) is 10.1 Å². The molecule has 0 unspecified atom stereocenters. The lowest BCUT2D eigenvalue weighted by Crippen LogP contribution is -2.13. The maximum absolute atomic E-state index is 11.1. The van der Waals surface area contributed by atoms with E-state index in [1.54, 1.807) is 6.07 Å². The highest BCUT2D eigenvalue weighted by atomic mass is 16.1. The maximum atomic E-state index is 11.1. The maximum Gasteiger partial charge on any atom is 0.219 e. The number of hydrogen-bond acceptors (Lipinski definition) is 3. The minimum atomic E-state index is -0.341. The molecule has 4 N–H and O–H groups in total. The largest absolute Gasteiger partial charge is 0.398 e. The highest BCUT2D eigenvalue weighted by molar-refractivity contribution is 5.98. The first-order chi connectivity index (χ1) is 11.5. The highest BCUT2D eigenvalue weighted by Crippen LogP contribution is 2.35. The number of primary amides is 1. The van der Waals surface area contributed by atoms with E-state index in [-0.39, 0.29) is 12.3 Å². The molecule has 5 heteroatoms.